The summed E-state index contributed by atoms with van der Waals surface area (Å²) in [6.45, 7) is 4.40. The molecule has 2 amide bonds. The summed E-state index contributed by atoms with van der Waals surface area (Å²) in [5.74, 6) is -0.995. The predicted octanol–water partition coefficient (Wildman–Crippen LogP) is 5.00. The first-order valence-electron chi connectivity index (χ1n) is 11.7. The highest BCUT2D eigenvalue weighted by atomic mass is 79.9. The lowest BCUT2D eigenvalue weighted by molar-refractivity contribution is -0.126. The highest BCUT2D eigenvalue weighted by Gasteiger charge is 2.60. The molecule has 9 heteroatoms. The number of imide groups is 1. The fourth-order valence-electron chi connectivity index (χ4n) is 4.74. The molecule has 0 aliphatic carbocycles. The minimum Gasteiger partial charge on any atom is -0.503 e. The fourth-order valence-corrected chi connectivity index (χ4v) is 5.20. The summed E-state index contributed by atoms with van der Waals surface area (Å²) >= 11 is 3.40. The Labute approximate surface area is 217 Å². The molecule has 2 aliphatic heterocycles. The van der Waals surface area contributed by atoms with Gasteiger partial charge in [0.2, 0.25) is 5.91 Å². The van der Waals surface area contributed by atoms with Crippen molar-refractivity contribution in [2.24, 2.45) is 5.92 Å². The number of anilines is 2. The van der Waals surface area contributed by atoms with E-state index >= 15 is 0 Å². The summed E-state index contributed by atoms with van der Waals surface area (Å²) in [6, 6.07) is 19.0. The average molecular weight is 553 g/mol. The van der Waals surface area contributed by atoms with Crippen LogP contribution in [0.3, 0.4) is 0 Å². The van der Waals surface area contributed by atoms with Crippen molar-refractivity contribution in [1.82, 2.24) is 0 Å². The third-order valence-corrected chi connectivity index (χ3v) is 6.83. The molecule has 5 rings (SSSR count). The van der Waals surface area contributed by atoms with E-state index in [9.17, 15) is 14.7 Å². The smallest absolute Gasteiger partial charge is 0.266 e. The molecule has 0 spiro atoms. The molecule has 2 saturated heterocycles. The van der Waals surface area contributed by atoms with Gasteiger partial charge < -0.3 is 14.6 Å². The molecule has 3 aromatic rings. The number of hydrogen-bond donors (Lipinski definition) is 1. The topological polar surface area (TPSA) is 88.5 Å². The molecular weight excluding hydrogens is 528 g/mol. The zero-order valence-electron chi connectivity index (χ0n) is 19.8. The van der Waals surface area contributed by atoms with E-state index in [1.54, 1.807) is 41.5 Å². The Morgan fingerprint density at radius 3 is 2.31 bits per heavy atom. The van der Waals surface area contributed by atoms with Crippen LogP contribution in [0.4, 0.5) is 11.4 Å². The first-order valence-corrected chi connectivity index (χ1v) is 12.5. The summed E-state index contributed by atoms with van der Waals surface area (Å²) < 4.78 is 11.7. The summed E-state index contributed by atoms with van der Waals surface area (Å²) in [5, 5.41) is 12.1. The third-order valence-electron chi connectivity index (χ3n) is 6.22. The third kappa shape index (κ3) is 3.98. The van der Waals surface area contributed by atoms with Crippen LogP contribution in [0.25, 0.3) is 0 Å². The second-order valence-corrected chi connectivity index (χ2v) is 9.21. The normalized spacial score (nSPS) is 21.1. The largest absolute Gasteiger partial charge is 0.503 e. The van der Waals surface area contributed by atoms with Crippen LogP contribution in [0, 0.1) is 5.92 Å². The number of hydroxylamine groups is 1. The molecule has 3 aromatic carbocycles. The molecule has 0 unspecified atom stereocenters. The summed E-state index contributed by atoms with van der Waals surface area (Å²) in [4.78, 5) is 34.9. The highest BCUT2D eigenvalue weighted by molar-refractivity contribution is 9.10. The summed E-state index contributed by atoms with van der Waals surface area (Å²) in [7, 11) is 0. The van der Waals surface area contributed by atoms with Crippen molar-refractivity contribution in [2.45, 2.75) is 26.0 Å². The number of benzene rings is 3. The Morgan fingerprint density at radius 1 is 0.917 bits per heavy atom. The first kappa shape index (κ1) is 24.1. The van der Waals surface area contributed by atoms with E-state index in [0.717, 1.165) is 4.90 Å². The zero-order chi connectivity index (χ0) is 25.4. The number of aromatic hydroxyl groups is 1. The van der Waals surface area contributed by atoms with Gasteiger partial charge in [-0.1, -0.05) is 30.3 Å². The van der Waals surface area contributed by atoms with E-state index < -0.39 is 24.0 Å². The standard InChI is InChI=1S/C27H25BrN2O6/c1-3-34-20-13-9-8-12-19(20)29-26(32)22-23(16-14-18(28)24(31)21(15-16)35-4-2)30(36-25(22)27(29)33)17-10-6-5-7-11-17/h5-15,22-23,25,31H,3-4H2,1-2H3/t22-,23-,25+/m1/s1. The van der Waals surface area contributed by atoms with Crippen LogP contribution in [0.1, 0.15) is 25.5 Å². The van der Waals surface area contributed by atoms with Crippen molar-refractivity contribution in [2.75, 3.05) is 23.2 Å². The maximum atomic E-state index is 13.9. The van der Waals surface area contributed by atoms with Crippen molar-refractivity contribution in [3.8, 4) is 17.2 Å². The maximum Gasteiger partial charge on any atom is 0.266 e. The Morgan fingerprint density at radius 2 is 1.58 bits per heavy atom. The second kappa shape index (κ2) is 9.83. The van der Waals surface area contributed by atoms with Crippen LogP contribution in [0.2, 0.25) is 0 Å². The average Bonchev–Trinajstić information content (AvgIpc) is 3.39. The number of para-hydroxylation sites is 3. The SMILES string of the molecule is CCOc1ccccc1N1C(=O)[C@H]2[C@H](ON(c3ccccc3)[C@@H]2c2cc(Br)c(O)c(OCC)c2)C1=O. The van der Waals surface area contributed by atoms with Gasteiger partial charge in [-0.05, 0) is 71.7 Å². The van der Waals surface area contributed by atoms with E-state index in [0.29, 0.717) is 40.4 Å². The molecule has 2 fully saturated rings. The monoisotopic (exact) mass is 552 g/mol. The molecule has 0 bridgehead atoms. The van der Waals surface area contributed by atoms with Gasteiger partial charge in [0.05, 0.1) is 35.1 Å². The summed E-state index contributed by atoms with van der Waals surface area (Å²) in [6.07, 6.45) is -1.03. The van der Waals surface area contributed by atoms with Crippen molar-refractivity contribution in [1.29, 1.82) is 0 Å². The lowest BCUT2D eigenvalue weighted by Gasteiger charge is -2.29. The lowest BCUT2D eigenvalue weighted by Crippen LogP contribution is -2.37. The van der Waals surface area contributed by atoms with Gasteiger partial charge in [-0.2, -0.15) is 0 Å². The Kier molecular flexibility index (Phi) is 6.59. The number of carbonyl (C=O) groups is 2. The quantitative estimate of drug-likeness (QED) is 0.412. The van der Waals surface area contributed by atoms with Crippen LogP contribution in [0.5, 0.6) is 17.2 Å². The van der Waals surface area contributed by atoms with Crippen molar-refractivity contribution in [3.05, 3.63) is 76.8 Å². The van der Waals surface area contributed by atoms with E-state index in [-0.39, 0.29) is 17.4 Å². The zero-order valence-corrected chi connectivity index (χ0v) is 21.3. The van der Waals surface area contributed by atoms with Gasteiger partial charge >= 0.3 is 0 Å². The molecule has 0 saturated carbocycles. The molecule has 1 N–H and O–H groups in total. The molecule has 2 heterocycles. The van der Waals surface area contributed by atoms with Crippen LogP contribution in [-0.4, -0.2) is 36.2 Å². The molecule has 3 atom stereocenters. The number of phenols is 1. The number of amides is 2. The van der Waals surface area contributed by atoms with Gasteiger partial charge in [0, 0.05) is 0 Å². The van der Waals surface area contributed by atoms with E-state index in [1.807, 2.05) is 44.2 Å². The van der Waals surface area contributed by atoms with Gasteiger partial charge in [0.25, 0.3) is 5.91 Å². The van der Waals surface area contributed by atoms with E-state index in [2.05, 4.69) is 15.9 Å². The van der Waals surface area contributed by atoms with Gasteiger partial charge in [-0.25, -0.2) is 9.96 Å². The number of carbonyl (C=O) groups excluding carboxylic acids is 2. The van der Waals surface area contributed by atoms with Gasteiger partial charge in [0.1, 0.15) is 11.7 Å². The minimum absolute atomic E-state index is 0.0385. The predicted molar refractivity (Wildman–Crippen MR) is 137 cm³/mol. The second-order valence-electron chi connectivity index (χ2n) is 8.35. The fraction of sp³-hybridized carbons (Fsp3) is 0.259. The number of hydrogen-bond acceptors (Lipinski definition) is 7. The van der Waals surface area contributed by atoms with E-state index in [4.69, 9.17) is 14.3 Å². The molecule has 8 nitrogen and oxygen atoms in total. The van der Waals surface area contributed by atoms with Gasteiger partial charge in [-0.3, -0.25) is 14.4 Å². The maximum absolute atomic E-state index is 13.9. The van der Waals surface area contributed by atoms with Crippen molar-refractivity contribution >= 4 is 39.1 Å². The number of rotatable bonds is 7. The number of nitrogens with zero attached hydrogens (tertiary/aromatic N) is 2. The number of phenolic OH excluding ortho intramolecular Hbond substituents is 1. The molecule has 0 radical (unpaired) electrons. The van der Waals surface area contributed by atoms with E-state index in [1.165, 1.54) is 0 Å². The summed E-state index contributed by atoms with van der Waals surface area (Å²) in [5.41, 5.74) is 1.74. The lowest BCUT2D eigenvalue weighted by atomic mass is 9.90. The highest BCUT2D eigenvalue weighted by Crippen LogP contribution is 2.50. The van der Waals surface area contributed by atoms with Crippen molar-refractivity contribution < 1.29 is 29.0 Å². The first-order chi connectivity index (χ1) is 17.5. The number of halogens is 1. The molecule has 2 aliphatic rings. The Hall–Kier alpha value is -3.56. The number of fused-ring (bicyclic) bond motifs is 1. The molecular formula is C27H25BrN2O6. The molecule has 186 valence electrons. The van der Waals surface area contributed by atoms with Crippen LogP contribution >= 0.6 is 15.9 Å². The van der Waals surface area contributed by atoms with Crippen molar-refractivity contribution in [3.63, 3.8) is 0 Å². The van der Waals surface area contributed by atoms with Crippen LogP contribution < -0.4 is 19.4 Å². The van der Waals surface area contributed by atoms with Gasteiger partial charge in [-0.15, -0.1) is 0 Å². The Bertz CT molecular complexity index is 1300. The number of ether oxygens (including phenoxy) is 2. The molecule has 36 heavy (non-hydrogen) atoms. The Balaban J connectivity index is 1.62. The minimum atomic E-state index is -1.03. The molecule has 0 aromatic heterocycles. The van der Waals surface area contributed by atoms with Gasteiger partial charge in [0.15, 0.2) is 17.6 Å². The van der Waals surface area contributed by atoms with Crippen LogP contribution in [0.15, 0.2) is 71.2 Å². The van der Waals surface area contributed by atoms with Crippen LogP contribution in [-0.2, 0) is 14.4 Å².